The molecule has 0 spiro atoms. The van der Waals surface area contributed by atoms with Gasteiger partial charge in [0, 0.05) is 18.1 Å². The van der Waals surface area contributed by atoms with Crippen LogP contribution in [0.15, 0.2) is 64.4 Å². The lowest BCUT2D eigenvalue weighted by atomic mass is 10.4. The molecule has 2 aromatic rings. The van der Waals surface area contributed by atoms with E-state index in [4.69, 9.17) is 11.6 Å². The first-order valence-corrected chi connectivity index (χ1v) is 10.7. The van der Waals surface area contributed by atoms with Gasteiger partial charge in [-0.2, -0.15) is 4.31 Å². The van der Waals surface area contributed by atoms with Crippen molar-refractivity contribution in [2.45, 2.75) is 21.5 Å². The molecule has 128 valence electrons. The lowest BCUT2D eigenvalue weighted by molar-refractivity contribution is 0.476. The highest BCUT2D eigenvalue weighted by molar-refractivity contribution is 7.92. The predicted octanol–water partition coefficient (Wildman–Crippen LogP) is 2.58. The fourth-order valence-corrected chi connectivity index (χ4v) is 6.16. The van der Waals surface area contributed by atoms with E-state index >= 15 is 0 Å². The minimum Gasteiger partial charge on any atom is -0.223 e. The molecule has 3 rings (SSSR count). The van der Waals surface area contributed by atoms with Gasteiger partial charge in [-0.1, -0.05) is 29.8 Å². The van der Waals surface area contributed by atoms with Crippen molar-refractivity contribution >= 4 is 31.5 Å². The first-order valence-electron chi connectivity index (χ1n) is 7.36. The summed E-state index contributed by atoms with van der Waals surface area (Å²) in [7, 11) is -7.27. The van der Waals surface area contributed by atoms with Crippen molar-refractivity contribution in [1.29, 1.82) is 0 Å². The minimum atomic E-state index is -3.72. The molecule has 1 aliphatic rings. The molecular formula is C16H16ClNO4S2. The van der Waals surface area contributed by atoms with Crippen LogP contribution in [0.5, 0.6) is 0 Å². The second kappa shape index (κ2) is 6.48. The molecule has 5 nitrogen and oxygen atoms in total. The van der Waals surface area contributed by atoms with Gasteiger partial charge in [0.15, 0.2) is 9.84 Å². The van der Waals surface area contributed by atoms with Crippen LogP contribution in [0, 0.1) is 0 Å². The Labute approximate surface area is 146 Å². The van der Waals surface area contributed by atoms with Crippen molar-refractivity contribution in [2.24, 2.45) is 0 Å². The molecule has 1 heterocycles. The fraction of sp³-hybridized carbons (Fsp3) is 0.250. The quantitative estimate of drug-likeness (QED) is 0.810. The van der Waals surface area contributed by atoms with Crippen LogP contribution < -0.4 is 0 Å². The number of benzene rings is 2. The van der Waals surface area contributed by atoms with E-state index in [0.29, 0.717) is 5.02 Å². The van der Waals surface area contributed by atoms with Gasteiger partial charge in [0.1, 0.15) is 0 Å². The molecule has 8 heteroatoms. The zero-order valence-corrected chi connectivity index (χ0v) is 15.1. The summed E-state index contributed by atoms with van der Waals surface area (Å²) in [5.74, 6) is 0. The summed E-state index contributed by atoms with van der Waals surface area (Å²) >= 11 is 5.78. The molecule has 1 unspecified atom stereocenters. The first kappa shape index (κ1) is 17.4. The van der Waals surface area contributed by atoms with E-state index in [0.717, 1.165) is 0 Å². The van der Waals surface area contributed by atoms with E-state index in [1.807, 2.05) is 0 Å². The lowest BCUT2D eigenvalue weighted by Gasteiger charge is -2.17. The number of sulfone groups is 1. The predicted molar refractivity (Wildman–Crippen MR) is 92.2 cm³/mol. The number of halogens is 1. The highest BCUT2D eigenvalue weighted by atomic mass is 35.5. The molecular weight excluding hydrogens is 370 g/mol. The van der Waals surface area contributed by atoms with Crippen LogP contribution in [0.1, 0.15) is 6.42 Å². The summed E-state index contributed by atoms with van der Waals surface area (Å²) in [6.45, 7) is 0.143. The summed E-state index contributed by atoms with van der Waals surface area (Å²) in [5, 5.41) is -0.290. The van der Waals surface area contributed by atoms with E-state index in [1.165, 1.54) is 40.7 Å². The number of hydrogen-bond acceptors (Lipinski definition) is 4. The minimum absolute atomic E-state index is 0.0395. The van der Waals surface area contributed by atoms with Gasteiger partial charge in [-0.25, -0.2) is 16.8 Å². The SMILES string of the molecule is O=S(=O)(c1ccccc1)C1CCN(S(=O)(=O)c2ccc(Cl)cc2)C1. The largest absolute Gasteiger partial charge is 0.243 e. The number of nitrogens with zero attached hydrogens (tertiary/aromatic N) is 1. The molecule has 0 bridgehead atoms. The molecule has 0 radical (unpaired) electrons. The Morgan fingerprint density at radius 1 is 0.875 bits per heavy atom. The van der Waals surface area contributed by atoms with E-state index in [1.54, 1.807) is 18.2 Å². The summed E-state index contributed by atoms with van der Waals surface area (Å²) in [6, 6.07) is 14.0. The molecule has 0 aliphatic carbocycles. The Hall–Kier alpha value is -1.41. The van der Waals surface area contributed by atoms with Gasteiger partial charge >= 0.3 is 0 Å². The van der Waals surface area contributed by atoms with Crippen LogP contribution >= 0.6 is 11.6 Å². The molecule has 24 heavy (non-hydrogen) atoms. The van der Waals surface area contributed by atoms with Crippen LogP contribution in [0.25, 0.3) is 0 Å². The highest BCUT2D eigenvalue weighted by Crippen LogP contribution is 2.28. The van der Waals surface area contributed by atoms with Crippen LogP contribution in [0.4, 0.5) is 0 Å². The highest BCUT2D eigenvalue weighted by Gasteiger charge is 2.39. The van der Waals surface area contributed by atoms with Crippen molar-refractivity contribution in [3.63, 3.8) is 0 Å². The van der Waals surface area contributed by atoms with Gasteiger partial charge in [0.05, 0.1) is 15.0 Å². The van der Waals surface area contributed by atoms with Crippen molar-refractivity contribution in [3.8, 4) is 0 Å². The molecule has 0 saturated carbocycles. The summed E-state index contributed by atoms with van der Waals surface area (Å²) in [5.41, 5.74) is 0. The Morgan fingerprint density at radius 2 is 1.50 bits per heavy atom. The van der Waals surface area contributed by atoms with Gasteiger partial charge in [-0.3, -0.25) is 0 Å². The van der Waals surface area contributed by atoms with E-state index < -0.39 is 25.1 Å². The Bertz CT molecular complexity index is 926. The molecule has 0 N–H and O–H groups in total. The standard InChI is InChI=1S/C16H16ClNO4S2/c17-13-6-8-15(9-7-13)24(21,22)18-11-10-16(12-18)23(19,20)14-4-2-1-3-5-14/h1-9,16H,10-12H2. The number of hydrogen-bond donors (Lipinski definition) is 0. The third-order valence-corrected chi connectivity index (χ3v) is 8.39. The smallest absolute Gasteiger partial charge is 0.223 e. The van der Waals surface area contributed by atoms with Crippen molar-refractivity contribution in [1.82, 2.24) is 4.31 Å². The maximum absolute atomic E-state index is 12.6. The molecule has 1 fully saturated rings. The third kappa shape index (κ3) is 3.21. The van der Waals surface area contributed by atoms with Crippen molar-refractivity contribution in [3.05, 3.63) is 59.6 Å². The van der Waals surface area contributed by atoms with E-state index in [9.17, 15) is 16.8 Å². The van der Waals surface area contributed by atoms with Gasteiger partial charge in [0.2, 0.25) is 10.0 Å². The maximum Gasteiger partial charge on any atom is 0.243 e. The lowest BCUT2D eigenvalue weighted by Crippen LogP contribution is -2.32. The molecule has 1 atom stereocenters. The zero-order valence-electron chi connectivity index (χ0n) is 12.7. The fourth-order valence-electron chi connectivity index (χ4n) is 2.73. The van der Waals surface area contributed by atoms with Gasteiger partial charge in [0.25, 0.3) is 0 Å². The summed E-state index contributed by atoms with van der Waals surface area (Å²) in [4.78, 5) is 0.338. The number of sulfonamides is 1. The van der Waals surface area contributed by atoms with Gasteiger partial charge < -0.3 is 0 Å². The second-order valence-corrected chi connectivity index (χ2v) is 10.2. The first-order chi connectivity index (χ1) is 11.3. The van der Waals surface area contributed by atoms with Crippen LogP contribution in [-0.4, -0.2) is 39.5 Å². The summed E-state index contributed by atoms with van der Waals surface area (Å²) in [6.07, 6.45) is 0.282. The third-order valence-electron chi connectivity index (χ3n) is 4.07. The monoisotopic (exact) mass is 385 g/mol. The molecule has 2 aromatic carbocycles. The Balaban J connectivity index is 1.84. The summed E-state index contributed by atoms with van der Waals surface area (Å²) < 4.78 is 51.8. The van der Waals surface area contributed by atoms with Crippen LogP contribution in [-0.2, 0) is 19.9 Å². The van der Waals surface area contributed by atoms with Gasteiger partial charge in [-0.15, -0.1) is 0 Å². The average Bonchev–Trinajstić information content (AvgIpc) is 3.08. The maximum atomic E-state index is 12.6. The Kier molecular flexibility index (Phi) is 4.70. The zero-order chi connectivity index (χ0) is 17.4. The molecule has 1 saturated heterocycles. The van der Waals surface area contributed by atoms with E-state index in [-0.39, 0.29) is 29.3 Å². The molecule has 0 amide bonds. The van der Waals surface area contributed by atoms with Crippen LogP contribution in [0.3, 0.4) is 0 Å². The topological polar surface area (TPSA) is 71.5 Å². The molecule has 1 aliphatic heterocycles. The normalized spacial score (nSPS) is 19.5. The Morgan fingerprint density at radius 3 is 2.12 bits per heavy atom. The van der Waals surface area contributed by atoms with E-state index in [2.05, 4.69) is 0 Å². The van der Waals surface area contributed by atoms with Crippen LogP contribution in [0.2, 0.25) is 5.02 Å². The van der Waals surface area contributed by atoms with Gasteiger partial charge in [-0.05, 0) is 42.8 Å². The average molecular weight is 386 g/mol. The molecule has 0 aromatic heterocycles. The number of rotatable bonds is 4. The van der Waals surface area contributed by atoms with Crippen molar-refractivity contribution < 1.29 is 16.8 Å². The van der Waals surface area contributed by atoms with Crippen molar-refractivity contribution in [2.75, 3.05) is 13.1 Å². The second-order valence-electron chi connectivity index (χ2n) is 5.59.